The fourth-order valence-electron chi connectivity index (χ4n) is 2.60. The molecule has 0 amide bonds. The number of aryl methyl sites for hydroxylation is 1. The Kier molecular flexibility index (Phi) is 4.31. The van der Waals surface area contributed by atoms with Crippen LogP contribution in [0.15, 0.2) is 54.6 Å². The highest BCUT2D eigenvalue weighted by Gasteiger charge is 2.18. The Morgan fingerprint density at radius 2 is 1.81 bits per heavy atom. The van der Waals surface area contributed by atoms with E-state index in [1.807, 2.05) is 12.1 Å². The first kappa shape index (κ1) is 15.0. The first-order chi connectivity index (χ1) is 10.1. The zero-order valence-corrected chi connectivity index (χ0v) is 15.2. The molecule has 0 aliphatic heterocycles. The third-order valence-electron chi connectivity index (χ3n) is 3.68. The predicted molar refractivity (Wildman–Crippen MR) is 98.6 cm³/mol. The van der Waals surface area contributed by atoms with Crippen LogP contribution in [0.5, 0.6) is 0 Å². The van der Waals surface area contributed by atoms with Crippen LogP contribution in [0, 0.1) is 16.3 Å². The van der Waals surface area contributed by atoms with E-state index in [4.69, 9.17) is 0 Å². The van der Waals surface area contributed by atoms with Gasteiger partial charge < -0.3 is 0 Å². The van der Waals surface area contributed by atoms with Crippen LogP contribution in [0.25, 0.3) is 10.8 Å². The van der Waals surface area contributed by atoms with Crippen LogP contribution in [0.4, 0.5) is 4.39 Å². The van der Waals surface area contributed by atoms with Crippen molar-refractivity contribution in [1.82, 2.24) is 0 Å². The topological polar surface area (TPSA) is 0 Å². The van der Waals surface area contributed by atoms with Gasteiger partial charge in [-0.2, -0.15) is 0 Å². The molecule has 0 heterocycles. The lowest BCUT2D eigenvalue weighted by Gasteiger charge is -2.18. The molecule has 0 radical (unpaired) electrons. The summed E-state index contributed by atoms with van der Waals surface area (Å²) in [5.74, 6) is -0.197. The van der Waals surface area contributed by atoms with Gasteiger partial charge in [-0.3, -0.25) is 0 Å². The van der Waals surface area contributed by atoms with Gasteiger partial charge >= 0.3 is 0 Å². The molecule has 0 fully saturated rings. The third kappa shape index (κ3) is 2.86. The summed E-state index contributed by atoms with van der Waals surface area (Å²) in [6.45, 7) is 2.12. The molecule has 3 aromatic carbocycles. The van der Waals surface area contributed by atoms with Crippen molar-refractivity contribution in [3.63, 3.8) is 0 Å². The van der Waals surface area contributed by atoms with E-state index in [9.17, 15) is 4.39 Å². The summed E-state index contributed by atoms with van der Waals surface area (Å²) in [5, 5.41) is 2.46. The van der Waals surface area contributed by atoms with Gasteiger partial charge in [0.1, 0.15) is 5.82 Å². The van der Waals surface area contributed by atoms with E-state index in [-0.39, 0.29) is 10.6 Å². The van der Waals surface area contributed by atoms with Crippen molar-refractivity contribution in [2.24, 2.45) is 0 Å². The minimum Gasteiger partial charge on any atom is -0.207 e. The Labute approximate surface area is 145 Å². The largest absolute Gasteiger partial charge is 0.207 e. The highest BCUT2D eigenvalue weighted by Crippen LogP contribution is 2.39. The molecule has 3 heteroatoms. The number of rotatable bonds is 2. The minimum absolute atomic E-state index is 0.0519. The van der Waals surface area contributed by atoms with Crippen LogP contribution in [-0.4, -0.2) is 0 Å². The molecular formula is C18H13BrFI. The van der Waals surface area contributed by atoms with E-state index in [1.54, 1.807) is 6.07 Å². The second-order valence-electron chi connectivity index (χ2n) is 5.05. The normalized spacial score (nSPS) is 12.6. The van der Waals surface area contributed by atoms with Crippen molar-refractivity contribution in [2.75, 3.05) is 0 Å². The lowest BCUT2D eigenvalue weighted by Crippen LogP contribution is -2.00. The molecule has 3 rings (SSSR count). The van der Waals surface area contributed by atoms with Crippen molar-refractivity contribution in [3.8, 4) is 0 Å². The smallest absolute Gasteiger partial charge is 0.124 e. The zero-order chi connectivity index (χ0) is 15.0. The third-order valence-corrected chi connectivity index (χ3v) is 5.56. The summed E-state index contributed by atoms with van der Waals surface area (Å²) in [5.41, 5.74) is 3.57. The lowest BCUT2D eigenvalue weighted by atomic mass is 9.94. The van der Waals surface area contributed by atoms with Gasteiger partial charge in [-0.1, -0.05) is 58.4 Å². The number of hydrogen-bond acceptors (Lipinski definition) is 0. The Bertz CT molecular complexity index is 813. The minimum atomic E-state index is -0.197. The second-order valence-corrected chi connectivity index (χ2v) is 7.12. The average molecular weight is 455 g/mol. The van der Waals surface area contributed by atoms with Gasteiger partial charge in [0.25, 0.3) is 0 Å². The maximum absolute atomic E-state index is 13.3. The maximum atomic E-state index is 13.3. The molecule has 1 unspecified atom stereocenters. The van der Waals surface area contributed by atoms with Crippen LogP contribution in [0.1, 0.15) is 21.5 Å². The van der Waals surface area contributed by atoms with Gasteiger partial charge in [0.05, 0.1) is 4.83 Å². The zero-order valence-electron chi connectivity index (χ0n) is 11.4. The molecule has 21 heavy (non-hydrogen) atoms. The van der Waals surface area contributed by atoms with Crippen molar-refractivity contribution >= 4 is 49.3 Å². The van der Waals surface area contributed by atoms with Crippen LogP contribution in [-0.2, 0) is 0 Å². The molecule has 106 valence electrons. The Morgan fingerprint density at radius 3 is 2.57 bits per heavy atom. The molecule has 0 aromatic heterocycles. The fourth-order valence-corrected chi connectivity index (χ4v) is 4.83. The summed E-state index contributed by atoms with van der Waals surface area (Å²) < 4.78 is 14.3. The standard InChI is InChI=1S/C18H13BrFI/c1-11-6-7-12-4-2-3-5-14(12)17(11)18(19)15-9-8-13(20)10-16(15)21/h2-10,18H,1H3. The quantitative estimate of drug-likeness (QED) is 0.311. The summed E-state index contributed by atoms with van der Waals surface area (Å²) in [6.07, 6.45) is 0. The average Bonchev–Trinajstić information content (AvgIpc) is 2.46. The first-order valence-electron chi connectivity index (χ1n) is 6.65. The van der Waals surface area contributed by atoms with E-state index < -0.39 is 0 Å². The number of fused-ring (bicyclic) bond motifs is 1. The Balaban J connectivity index is 2.21. The second kappa shape index (κ2) is 6.05. The first-order valence-corrected chi connectivity index (χ1v) is 8.64. The molecule has 0 aliphatic rings. The van der Waals surface area contributed by atoms with Crippen molar-refractivity contribution in [3.05, 3.63) is 80.7 Å². The SMILES string of the molecule is Cc1ccc2ccccc2c1C(Br)c1ccc(F)cc1I. The predicted octanol–water partition coefficient (Wildman–Crippen LogP) is 6.38. The summed E-state index contributed by atoms with van der Waals surface area (Å²) in [4.78, 5) is 0.0519. The highest BCUT2D eigenvalue weighted by molar-refractivity contribution is 14.1. The monoisotopic (exact) mass is 454 g/mol. The number of alkyl halides is 1. The van der Waals surface area contributed by atoms with Crippen LogP contribution >= 0.6 is 38.5 Å². The summed E-state index contributed by atoms with van der Waals surface area (Å²) in [6, 6.07) is 17.6. The van der Waals surface area contributed by atoms with Gasteiger partial charge in [-0.15, -0.1) is 0 Å². The van der Waals surface area contributed by atoms with Gasteiger partial charge in [0, 0.05) is 3.57 Å². The van der Waals surface area contributed by atoms with Gasteiger partial charge in [0.2, 0.25) is 0 Å². The van der Waals surface area contributed by atoms with Gasteiger partial charge in [-0.05, 0) is 69.1 Å². The van der Waals surface area contributed by atoms with E-state index in [2.05, 4.69) is 75.8 Å². The Morgan fingerprint density at radius 1 is 1.05 bits per heavy atom. The maximum Gasteiger partial charge on any atom is 0.124 e. The fraction of sp³-hybridized carbons (Fsp3) is 0.111. The molecular weight excluding hydrogens is 442 g/mol. The molecule has 3 aromatic rings. The van der Waals surface area contributed by atoms with Gasteiger partial charge in [-0.25, -0.2) is 4.39 Å². The molecule has 0 saturated heterocycles. The summed E-state index contributed by atoms with van der Waals surface area (Å²) >= 11 is 6.01. The number of halogens is 3. The molecule has 0 N–H and O–H groups in total. The summed E-state index contributed by atoms with van der Waals surface area (Å²) in [7, 11) is 0. The molecule has 1 atom stereocenters. The van der Waals surface area contributed by atoms with Crippen LogP contribution in [0.3, 0.4) is 0 Å². The van der Waals surface area contributed by atoms with Crippen LogP contribution < -0.4 is 0 Å². The van der Waals surface area contributed by atoms with Crippen molar-refractivity contribution in [2.45, 2.75) is 11.8 Å². The van der Waals surface area contributed by atoms with E-state index in [1.165, 1.54) is 28.0 Å². The molecule has 0 spiro atoms. The van der Waals surface area contributed by atoms with E-state index in [0.29, 0.717) is 0 Å². The molecule has 0 saturated carbocycles. The number of benzene rings is 3. The van der Waals surface area contributed by atoms with Crippen LogP contribution in [0.2, 0.25) is 0 Å². The van der Waals surface area contributed by atoms with Crippen molar-refractivity contribution in [1.29, 1.82) is 0 Å². The van der Waals surface area contributed by atoms with E-state index in [0.717, 1.165) is 9.13 Å². The van der Waals surface area contributed by atoms with E-state index >= 15 is 0 Å². The molecule has 0 aliphatic carbocycles. The lowest BCUT2D eigenvalue weighted by molar-refractivity contribution is 0.626. The number of hydrogen-bond donors (Lipinski definition) is 0. The Hall–Kier alpha value is -0.940. The molecule has 0 bridgehead atoms. The molecule has 0 nitrogen and oxygen atoms in total. The van der Waals surface area contributed by atoms with Gasteiger partial charge in [0.15, 0.2) is 0 Å². The highest BCUT2D eigenvalue weighted by atomic mass is 127. The van der Waals surface area contributed by atoms with Crippen molar-refractivity contribution < 1.29 is 4.39 Å².